The van der Waals surface area contributed by atoms with Crippen LogP contribution in [0.25, 0.3) is 0 Å². The van der Waals surface area contributed by atoms with Gasteiger partial charge >= 0.3 is 0 Å². The lowest BCUT2D eigenvalue weighted by Crippen LogP contribution is -2.25. The van der Waals surface area contributed by atoms with Gasteiger partial charge in [0.25, 0.3) is 5.91 Å². The molecule has 19 heavy (non-hydrogen) atoms. The van der Waals surface area contributed by atoms with Crippen LogP contribution in [0.1, 0.15) is 10.4 Å². The van der Waals surface area contributed by atoms with Crippen LogP contribution in [-0.4, -0.2) is 12.5 Å². The Labute approximate surface area is 115 Å². The number of benzene rings is 1. The highest BCUT2D eigenvalue weighted by molar-refractivity contribution is 7.09. The molecule has 3 rings (SSSR count). The number of hydrogen-bond donors (Lipinski definition) is 2. The monoisotopic (exact) mass is 274 g/mol. The molecular weight excluding hydrogens is 260 g/mol. The number of amides is 1. The molecule has 1 aliphatic heterocycles. The van der Waals surface area contributed by atoms with E-state index in [4.69, 9.17) is 4.74 Å². The fraction of sp³-hybridized carbons (Fsp3) is 0.214. The Morgan fingerprint density at radius 2 is 2.26 bits per heavy atom. The second-order valence-corrected chi connectivity index (χ2v) is 5.38. The third-order valence-corrected chi connectivity index (χ3v) is 3.76. The Balaban J connectivity index is 1.62. The molecule has 0 saturated heterocycles. The van der Waals surface area contributed by atoms with E-state index < -0.39 is 0 Å². The quantitative estimate of drug-likeness (QED) is 0.900. The second kappa shape index (κ2) is 5.42. The molecule has 4 nitrogen and oxygen atoms in total. The zero-order chi connectivity index (χ0) is 13.1. The molecule has 0 radical (unpaired) electrons. The highest BCUT2D eigenvalue weighted by atomic mass is 32.1. The number of hydrogen-bond acceptors (Lipinski definition) is 4. The van der Waals surface area contributed by atoms with Gasteiger partial charge in [0, 0.05) is 18.0 Å². The summed E-state index contributed by atoms with van der Waals surface area (Å²) in [7, 11) is 0. The van der Waals surface area contributed by atoms with Crippen molar-refractivity contribution in [2.45, 2.75) is 13.1 Å². The number of anilines is 1. The molecule has 0 spiro atoms. The first kappa shape index (κ1) is 12.2. The maximum Gasteiger partial charge on any atom is 0.262 e. The van der Waals surface area contributed by atoms with Gasteiger partial charge in [-0.05, 0) is 29.1 Å². The standard InChI is InChI=1S/C14H14N2O2S/c17-14-9-18-13-4-3-10(6-12(13)16-14)7-15-8-11-2-1-5-19-11/h1-6,15H,7-9H2,(H,16,17). The summed E-state index contributed by atoms with van der Waals surface area (Å²) in [6, 6.07) is 10.0. The summed E-state index contributed by atoms with van der Waals surface area (Å²) in [4.78, 5) is 12.6. The molecule has 1 aliphatic rings. The third-order valence-electron chi connectivity index (χ3n) is 2.89. The number of fused-ring (bicyclic) bond motifs is 1. The molecule has 2 N–H and O–H groups in total. The number of carbonyl (C=O) groups is 1. The smallest absolute Gasteiger partial charge is 0.262 e. The Morgan fingerprint density at radius 3 is 3.11 bits per heavy atom. The average Bonchev–Trinajstić information content (AvgIpc) is 2.91. The fourth-order valence-corrected chi connectivity index (χ4v) is 2.66. The molecule has 5 heteroatoms. The van der Waals surface area contributed by atoms with Gasteiger partial charge < -0.3 is 15.4 Å². The van der Waals surface area contributed by atoms with Gasteiger partial charge in [-0.3, -0.25) is 4.79 Å². The normalized spacial score (nSPS) is 13.6. The zero-order valence-corrected chi connectivity index (χ0v) is 11.1. The van der Waals surface area contributed by atoms with Gasteiger partial charge in [0.1, 0.15) is 5.75 Å². The SMILES string of the molecule is O=C1COc2ccc(CNCc3cccs3)cc2N1. The van der Waals surface area contributed by atoms with Gasteiger partial charge in [0.2, 0.25) is 0 Å². The van der Waals surface area contributed by atoms with Crippen LogP contribution >= 0.6 is 11.3 Å². The molecule has 0 atom stereocenters. The molecule has 2 heterocycles. The minimum Gasteiger partial charge on any atom is -0.482 e. The summed E-state index contributed by atoms with van der Waals surface area (Å²) in [5, 5.41) is 8.27. The Bertz CT molecular complexity index is 581. The van der Waals surface area contributed by atoms with Crippen LogP contribution in [-0.2, 0) is 17.9 Å². The van der Waals surface area contributed by atoms with E-state index in [0.717, 1.165) is 30.1 Å². The van der Waals surface area contributed by atoms with E-state index in [2.05, 4.69) is 22.1 Å². The minimum absolute atomic E-state index is 0.100. The summed E-state index contributed by atoms with van der Waals surface area (Å²) in [5.74, 6) is 0.637. The summed E-state index contributed by atoms with van der Waals surface area (Å²) >= 11 is 1.74. The van der Waals surface area contributed by atoms with E-state index in [-0.39, 0.29) is 12.5 Å². The van der Waals surface area contributed by atoms with E-state index in [0.29, 0.717) is 0 Å². The van der Waals surface area contributed by atoms with E-state index in [1.165, 1.54) is 4.88 Å². The zero-order valence-electron chi connectivity index (χ0n) is 10.3. The van der Waals surface area contributed by atoms with E-state index in [1.54, 1.807) is 11.3 Å². The van der Waals surface area contributed by atoms with Crippen molar-refractivity contribution in [1.82, 2.24) is 5.32 Å². The molecule has 98 valence electrons. The lowest BCUT2D eigenvalue weighted by atomic mass is 10.1. The van der Waals surface area contributed by atoms with Crippen molar-refractivity contribution in [2.24, 2.45) is 0 Å². The first-order chi connectivity index (χ1) is 9.31. The summed E-state index contributed by atoms with van der Waals surface area (Å²) < 4.78 is 5.32. The lowest BCUT2D eigenvalue weighted by Gasteiger charge is -2.18. The lowest BCUT2D eigenvalue weighted by molar-refractivity contribution is -0.118. The predicted molar refractivity (Wildman–Crippen MR) is 75.4 cm³/mol. The molecule has 0 bridgehead atoms. The number of carbonyl (C=O) groups excluding carboxylic acids is 1. The number of nitrogens with one attached hydrogen (secondary N) is 2. The first-order valence-corrected chi connectivity index (χ1v) is 6.98. The van der Waals surface area contributed by atoms with Crippen molar-refractivity contribution >= 4 is 22.9 Å². The average molecular weight is 274 g/mol. The van der Waals surface area contributed by atoms with Gasteiger partial charge in [0.15, 0.2) is 6.61 Å². The summed E-state index contributed by atoms with van der Waals surface area (Å²) in [6.45, 7) is 1.72. The van der Waals surface area contributed by atoms with E-state index in [1.807, 2.05) is 24.3 Å². The van der Waals surface area contributed by atoms with Gasteiger partial charge in [-0.1, -0.05) is 12.1 Å². The van der Waals surface area contributed by atoms with E-state index >= 15 is 0 Å². The highest BCUT2D eigenvalue weighted by Crippen LogP contribution is 2.28. The van der Waals surface area contributed by atoms with Crippen molar-refractivity contribution in [3.8, 4) is 5.75 Å². The van der Waals surface area contributed by atoms with Crippen LogP contribution in [0, 0.1) is 0 Å². The predicted octanol–water partition coefficient (Wildman–Crippen LogP) is 2.37. The molecule has 1 aromatic heterocycles. The molecule has 0 fully saturated rings. The van der Waals surface area contributed by atoms with Gasteiger partial charge in [0.05, 0.1) is 5.69 Å². The molecule has 0 aliphatic carbocycles. The van der Waals surface area contributed by atoms with Crippen LogP contribution in [0.5, 0.6) is 5.75 Å². The molecule has 0 unspecified atom stereocenters. The molecule has 2 aromatic rings. The molecular formula is C14H14N2O2S. The molecule has 1 amide bonds. The molecule has 0 saturated carbocycles. The topological polar surface area (TPSA) is 50.4 Å². The van der Waals surface area contributed by atoms with Crippen LogP contribution in [0.4, 0.5) is 5.69 Å². The maximum atomic E-state index is 11.3. The summed E-state index contributed by atoms with van der Waals surface area (Å²) in [6.07, 6.45) is 0. The van der Waals surface area contributed by atoms with Gasteiger partial charge in [-0.15, -0.1) is 11.3 Å². The number of thiophene rings is 1. The Morgan fingerprint density at radius 1 is 1.32 bits per heavy atom. The van der Waals surface area contributed by atoms with Crippen molar-refractivity contribution < 1.29 is 9.53 Å². The largest absolute Gasteiger partial charge is 0.482 e. The van der Waals surface area contributed by atoms with Gasteiger partial charge in [-0.25, -0.2) is 0 Å². The van der Waals surface area contributed by atoms with Crippen molar-refractivity contribution in [3.63, 3.8) is 0 Å². The Hall–Kier alpha value is -1.85. The molecule has 1 aromatic carbocycles. The van der Waals surface area contributed by atoms with Gasteiger partial charge in [-0.2, -0.15) is 0 Å². The third kappa shape index (κ3) is 2.94. The van der Waals surface area contributed by atoms with Crippen LogP contribution in [0.15, 0.2) is 35.7 Å². The van der Waals surface area contributed by atoms with Crippen LogP contribution in [0.2, 0.25) is 0 Å². The van der Waals surface area contributed by atoms with Crippen molar-refractivity contribution in [3.05, 3.63) is 46.2 Å². The Kier molecular flexibility index (Phi) is 3.48. The number of rotatable bonds is 4. The van der Waals surface area contributed by atoms with Crippen molar-refractivity contribution in [2.75, 3.05) is 11.9 Å². The van der Waals surface area contributed by atoms with Crippen LogP contribution < -0.4 is 15.4 Å². The first-order valence-electron chi connectivity index (χ1n) is 6.10. The maximum absolute atomic E-state index is 11.3. The fourth-order valence-electron chi connectivity index (χ4n) is 1.98. The minimum atomic E-state index is -0.101. The summed E-state index contributed by atoms with van der Waals surface area (Å²) in [5.41, 5.74) is 1.88. The number of ether oxygens (including phenoxy) is 1. The van der Waals surface area contributed by atoms with E-state index in [9.17, 15) is 4.79 Å². The van der Waals surface area contributed by atoms with Crippen molar-refractivity contribution in [1.29, 1.82) is 0 Å². The second-order valence-electron chi connectivity index (χ2n) is 4.35. The van der Waals surface area contributed by atoms with Crippen LogP contribution in [0.3, 0.4) is 0 Å². The highest BCUT2D eigenvalue weighted by Gasteiger charge is 2.15.